The molecule has 3 aliphatic heterocycles. The van der Waals surface area contributed by atoms with E-state index in [1.165, 1.54) is 53.4 Å². The zero-order valence-corrected chi connectivity index (χ0v) is 29.6. The summed E-state index contributed by atoms with van der Waals surface area (Å²) in [5.74, 6) is -9.57. The van der Waals surface area contributed by atoms with Gasteiger partial charge in [0, 0.05) is 48.3 Å². The van der Waals surface area contributed by atoms with Crippen LogP contribution in [0.4, 0.5) is 5.69 Å². The van der Waals surface area contributed by atoms with Crippen molar-refractivity contribution in [3.05, 3.63) is 53.3 Å². The summed E-state index contributed by atoms with van der Waals surface area (Å²) in [6.45, 7) is 11.0. The van der Waals surface area contributed by atoms with Gasteiger partial charge in [0.05, 0.1) is 48.9 Å². The van der Waals surface area contributed by atoms with Crippen molar-refractivity contribution in [3.63, 3.8) is 0 Å². The van der Waals surface area contributed by atoms with Gasteiger partial charge in [0.15, 0.2) is 0 Å². The van der Waals surface area contributed by atoms with E-state index in [0.29, 0.717) is 0 Å². The topological polar surface area (TPSA) is 204 Å². The first-order valence-corrected chi connectivity index (χ1v) is 16.3. The maximum absolute atomic E-state index is 13.9. The average Bonchev–Trinajstić information content (AvgIpc) is 3.34. The minimum absolute atomic E-state index is 0.0375. The van der Waals surface area contributed by atoms with Gasteiger partial charge in [-0.05, 0) is 37.3 Å². The Balaban J connectivity index is 1.88. The van der Waals surface area contributed by atoms with E-state index in [-0.39, 0.29) is 38.9 Å². The molecule has 5 rings (SSSR count). The molecule has 3 heterocycles. The van der Waals surface area contributed by atoms with Crippen LogP contribution in [-0.4, -0.2) is 76.4 Å². The Kier molecular flexibility index (Phi) is 11.2. The molecule has 0 aliphatic carbocycles. The molecular formula is C37H46NO12-. The summed E-state index contributed by atoms with van der Waals surface area (Å²) in [5, 5.41) is 60.3. The number of nitrogens with one attached hydrogen (secondary N) is 1. The van der Waals surface area contributed by atoms with Crippen molar-refractivity contribution in [2.24, 2.45) is 29.6 Å². The number of allylic oxidation sites excluding steroid dienone is 2. The lowest BCUT2D eigenvalue weighted by atomic mass is 9.73. The van der Waals surface area contributed by atoms with Gasteiger partial charge in [0.1, 0.15) is 17.2 Å². The number of hydrogen-bond donors (Lipinski definition) is 5. The van der Waals surface area contributed by atoms with Gasteiger partial charge in [-0.3, -0.25) is 14.4 Å². The first-order chi connectivity index (χ1) is 23.4. The van der Waals surface area contributed by atoms with Crippen LogP contribution in [0.25, 0.3) is 10.8 Å². The quantitative estimate of drug-likeness (QED) is 0.172. The van der Waals surface area contributed by atoms with E-state index in [0.717, 1.165) is 6.07 Å². The third kappa shape index (κ3) is 6.77. The Morgan fingerprint density at radius 3 is 2.26 bits per heavy atom. The third-order valence-corrected chi connectivity index (χ3v) is 10.1. The van der Waals surface area contributed by atoms with Crippen molar-refractivity contribution in [1.82, 2.24) is 0 Å². The summed E-state index contributed by atoms with van der Waals surface area (Å²) in [7, 11) is 2.65. The molecule has 50 heavy (non-hydrogen) atoms. The van der Waals surface area contributed by atoms with Crippen LogP contribution < -0.4 is 15.2 Å². The molecule has 0 saturated carbocycles. The fourth-order valence-corrected chi connectivity index (χ4v) is 6.83. The molecule has 0 aromatic heterocycles. The largest absolute Gasteiger partial charge is 0.872 e. The van der Waals surface area contributed by atoms with Crippen LogP contribution in [0.1, 0.15) is 57.5 Å². The standard InChI is InChI=1S/C37H47NO12/c1-16-11-10-12-17(2)35(45)38-22-15-23(39)26-27(32(22)43)31(42)21(6)33-28(26)34(44)37(7,50-33)49-14-13-24(47-8)18(3)25(36(46)48-9)19(4)30(41)20(5)29(16)40/h10-16,18-20,24-25,29-30,39-43H,1-9H3,(H,38,45)/p-1/b11-10-,14-13-,17-12-/t16-,18+,19-,20-,24+,25+,29-,30-,37+/m1/s1. The van der Waals surface area contributed by atoms with Crippen LogP contribution in [0, 0.1) is 36.5 Å². The Morgan fingerprint density at radius 2 is 1.64 bits per heavy atom. The number of carbonyl (C=O) groups is 3. The molecule has 0 saturated heterocycles. The molecule has 2 aromatic carbocycles. The van der Waals surface area contributed by atoms with Crippen molar-refractivity contribution in [3.8, 4) is 23.0 Å². The molecule has 0 fully saturated rings. The first-order valence-electron chi connectivity index (χ1n) is 16.3. The normalized spacial score (nSPS) is 33.2. The van der Waals surface area contributed by atoms with Gasteiger partial charge in [-0.1, -0.05) is 51.7 Å². The monoisotopic (exact) mass is 696 g/mol. The van der Waals surface area contributed by atoms with Crippen molar-refractivity contribution in [2.45, 2.75) is 72.6 Å². The molecule has 9 atom stereocenters. The number of anilines is 1. The van der Waals surface area contributed by atoms with Crippen LogP contribution >= 0.6 is 0 Å². The highest BCUT2D eigenvalue weighted by Crippen LogP contribution is 2.53. The van der Waals surface area contributed by atoms with Crippen LogP contribution in [-0.2, 0) is 23.8 Å². The minimum atomic E-state index is -2.02. The molecule has 0 radical (unpaired) electrons. The number of ether oxygens (including phenoxy) is 4. The maximum atomic E-state index is 13.9. The molecule has 5 N–H and O–H groups in total. The number of fused-ring (bicyclic) bond motifs is 14. The fourth-order valence-electron chi connectivity index (χ4n) is 6.83. The number of aliphatic hydroxyl groups is 2. The Bertz CT molecular complexity index is 1760. The van der Waals surface area contributed by atoms with E-state index < -0.39 is 88.6 Å². The highest BCUT2D eigenvalue weighted by atomic mass is 16.7. The van der Waals surface area contributed by atoms with Crippen molar-refractivity contribution in [2.75, 3.05) is 19.5 Å². The SMILES string of the molecule is COC(=O)[C@H]1[C@@H](C)[C@@H](OC)/C=C\O[C@@]2(C)Oc3c(C)c([O-])c4c(O)c(cc(O)c4c3C2=O)NC(=O)/C(C)=C\C=C/[C@@H](C)[C@@H](O)[C@@H](C)[C@H](O)[C@@H]1C. The minimum Gasteiger partial charge on any atom is -0.872 e. The van der Waals surface area contributed by atoms with Gasteiger partial charge in [0.2, 0.25) is 0 Å². The lowest BCUT2D eigenvalue weighted by molar-refractivity contribution is -0.266. The predicted octanol–water partition coefficient (Wildman–Crippen LogP) is 3.98. The van der Waals surface area contributed by atoms with Crippen molar-refractivity contribution < 1.29 is 58.9 Å². The molecule has 3 aliphatic rings. The molecule has 1 amide bonds. The summed E-state index contributed by atoms with van der Waals surface area (Å²) in [4.78, 5) is 40.1. The van der Waals surface area contributed by atoms with E-state index >= 15 is 0 Å². The number of ketones is 1. The number of benzene rings is 2. The smallest absolute Gasteiger partial charge is 0.312 e. The molecule has 2 aromatic rings. The third-order valence-electron chi connectivity index (χ3n) is 10.1. The van der Waals surface area contributed by atoms with E-state index in [1.807, 2.05) is 0 Å². The highest BCUT2D eigenvalue weighted by molar-refractivity contribution is 6.21. The predicted molar refractivity (Wildman–Crippen MR) is 182 cm³/mol. The van der Waals surface area contributed by atoms with Crippen molar-refractivity contribution >= 4 is 34.1 Å². The van der Waals surface area contributed by atoms with Crippen LogP contribution in [0.5, 0.6) is 23.0 Å². The Labute approximate surface area is 290 Å². The number of hydrogen-bond acceptors (Lipinski definition) is 12. The number of aliphatic hydroxyl groups excluding tert-OH is 2. The summed E-state index contributed by atoms with van der Waals surface area (Å²) in [6, 6.07) is 1.03. The number of esters is 1. The number of methoxy groups -OCH3 is 2. The summed E-state index contributed by atoms with van der Waals surface area (Å²) >= 11 is 0. The maximum Gasteiger partial charge on any atom is 0.312 e. The second kappa shape index (κ2) is 14.7. The lowest BCUT2D eigenvalue weighted by Gasteiger charge is -2.37. The summed E-state index contributed by atoms with van der Waals surface area (Å²) in [5.41, 5.74) is -0.311. The average molecular weight is 697 g/mol. The van der Waals surface area contributed by atoms with E-state index in [1.54, 1.807) is 39.8 Å². The van der Waals surface area contributed by atoms with E-state index in [4.69, 9.17) is 18.9 Å². The molecule has 272 valence electrons. The zero-order chi connectivity index (χ0) is 37.4. The summed E-state index contributed by atoms with van der Waals surface area (Å²) in [6.07, 6.45) is 4.31. The number of Topliss-reactive ketones (excluding diaryl/α,β-unsaturated/α-hetero) is 1. The van der Waals surface area contributed by atoms with E-state index in [9.17, 15) is 39.9 Å². The molecule has 13 nitrogen and oxygen atoms in total. The van der Waals surface area contributed by atoms with Gasteiger partial charge in [-0.2, -0.15) is 0 Å². The first kappa shape index (κ1) is 38.2. The fraction of sp³-hybridized carbons (Fsp3) is 0.486. The number of phenols is 2. The lowest BCUT2D eigenvalue weighted by Crippen LogP contribution is -2.45. The highest BCUT2D eigenvalue weighted by Gasteiger charge is 2.49. The number of rotatable bonds is 2. The molecule has 5 bridgehead atoms. The molecule has 0 spiro atoms. The van der Waals surface area contributed by atoms with Crippen molar-refractivity contribution in [1.29, 1.82) is 0 Å². The van der Waals surface area contributed by atoms with Gasteiger partial charge in [-0.25, -0.2) is 0 Å². The zero-order valence-electron chi connectivity index (χ0n) is 29.6. The number of aromatic hydroxyl groups is 2. The molecule has 0 unspecified atom stereocenters. The second-order valence-electron chi connectivity index (χ2n) is 13.4. The summed E-state index contributed by atoms with van der Waals surface area (Å²) < 4.78 is 22.5. The Morgan fingerprint density at radius 1 is 0.980 bits per heavy atom. The van der Waals surface area contributed by atoms with Gasteiger partial charge < -0.3 is 49.8 Å². The van der Waals surface area contributed by atoms with Gasteiger partial charge in [-0.15, -0.1) is 0 Å². The van der Waals surface area contributed by atoms with E-state index in [2.05, 4.69) is 5.32 Å². The van der Waals surface area contributed by atoms with Gasteiger partial charge >= 0.3 is 11.8 Å². The second-order valence-corrected chi connectivity index (χ2v) is 13.4. The molecular weight excluding hydrogens is 650 g/mol. The van der Waals surface area contributed by atoms with Crippen LogP contribution in [0.3, 0.4) is 0 Å². The number of amides is 1. The number of carbonyl (C=O) groups excluding carboxylic acids is 3. The Hall–Kier alpha value is -4.59. The van der Waals surface area contributed by atoms with Crippen LogP contribution in [0.2, 0.25) is 0 Å². The van der Waals surface area contributed by atoms with Crippen LogP contribution in [0.15, 0.2) is 42.2 Å². The number of phenolic OH excluding ortho intramolecular Hbond substituents is 2. The van der Waals surface area contributed by atoms with Gasteiger partial charge in [0.25, 0.3) is 11.7 Å². The molecule has 13 heteroatoms.